The molecular formula is C33H32N4O7S2. The van der Waals surface area contributed by atoms with Gasteiger partial charge >= 0.3 is 5.97 Å². The fourth-order valence-electron chi connectivity index (χ4n) is 3.98. The van der Waals surface area contributed by atoms with E-state index < -0.39 is 11.8 Å². The van der Waals surface area contributed by atoms with Crippen LogP contribution >= 0.6 is 23.1 Å². The Kier molecular flexibility index (Phi) is 12.3. The summed E-state index contributed by atoms with van der Waals surface area (Å²) in [4.78, 5) is 55.5. The number of aromatic nitrogens is 1. The molecule has 0 aliphatic rings. The number of thioether (sulfide) groups is 1. The van der Waals surface area contributed by atoms with Crippen molar-refractivity contribution in [3.63, 3.8) is 0 Å². The first kappa shape index (κ1) is 33.7. The van der Waals surface area contributed by atoms with Gasteiger partial charge in [-0.25, -0.2) is 4.98 Å². The van der Waals surface area contributed by atoms with Crippen LogP contribution in [0.4, 0.5) is 10.8 Å². The molecule has 3 N–H and O–H groups in total. The van der Waals surface area contributed by atoms with Crippen LogP contribution in [0.25, 0.3) is 6.08 Å². The van der Waals surface area contributed by atoms with E-state index in [-0.39, 0.29) is 29.7 Å². The monoisotopic (exact) mass is 660 g/mol. The van der Waals surface area contributed by atoms with Crippen LogP contribution < -0.4 is 25.4 Å². The van der Waals surface area contributed by atoms with Crippen molar-refractivity contribution >= 4 is 63.7 Å². The van der Waals surface area contributed by atoms with E-state index in [0.29, 0.717) is 45.7 Å². The average molecular weight is 661 g/mol. The number of nitrogens with one attached hydrogen (secondary N) is 3. The highest BCUT2D eigenvalue weighted by Gasteiger charge is 2.17. The number of benzene rings is 3. The number of methoxy groups -OCH3 is 2. The second kappa shape index (κ2) is 16.8. The number of hydrogen-bond acceptors (Lipinski definition) is 10. The predicted octanol–water partition coefficient (Wildman–Crippen LogP) is 5.41. The van der Waals surface area contributed by atoms with Crippen LogP contribution in [0.2, 0.25) is 0 Å². The molecule has 0 saturated carbocycles. The molecule has 0 saturated heterocycles. The fourth-order valence-corrected chi connectivity index (χ4v) is 5.40. The van der Waals surface area contributed by atoms with Crippen LogP contribution in [-0.4, -0.2) is 55.3 Å². The lowest BCUT2D eigenvalue weighted by molar-refractivity contribution is -0.142. The number of rotatable bonds is 14. The van der Waals surface area contributed by atoms with E-state index in [1.165, 1.54) is 43.4 Å². The molecule has 3 aromatic carbocycles. The van der Waals surface area contributed by atoms with Gasteiger partial charge in [0, 0.05) is 33.2 Å². The van der Waals surface area contributed by atoms with E-state index in [2.05, 4.69) is 20.9 Å². The molecule has 11 nitrogen and oxygen atoms in total. The maximum atomic E-state index is 13.4. The SMILES string of the molecule is CCOC(=O)Cc1csc(NC(=O)CSc2ccc(NC(=O)/C(=C/c3ccc(OC)cc3OC)NC(=O)c3ccccc3)cc2)n1. The Labute approximate surface area is 274 Å². The van der Waals surface area contributed by atoms with E-state index in [4.69, 9.17) is 14.2 Å². The maximum absolute atomic E-state index is 13.4. The topological polar surface area (TPSA) is 145 Å². The van der Waals surface area contributed by atoms with Crippen LogP contribution in [0.5, 0.6) is 11.5 Å². The van der Waals surface area contributed by atoms with Crippen molar-refractivity contribution in [2.75, 3.05) is 37.2 Å². The molecule has 1 heterocycles. The molecule has 0 aliphatic heterocycles. The second-order valence-electron chi connectivity index (χ2n) is 9.43. The van der Waals surface area contributed by atoms with Gasteiger partial charge in [0.05, 0.1) is 38.7 Å². The lowest BCUT2D eigenvalue weighted by atomic mass is 10.1. The van der Waals surface area contributed by atoms with E-state index >= 15 is 0 Å². The van der Waals surface area contributed by atoms with Gasteiger partial charge in [0.25, 0.3) is 11.8 Å². The fraction of sp³-hybridized carbons (Fsp3) is 0.182. The van der Waals surface area contributed by atoms with Gasteiger partial charge in [-0.1, -0.05) is 18.2 Å². The van der Waals surface area contributed by atoms with Gasteiger partial charge < -0.3 is 30.2 Å². The Balaban J connectivity index is 1.39. The van der Waals surface area contributed by atoms with Crippen molar-refractivity contribution in [1.82, 2.24) is 10.3 Å². The first-order chi connectivity index (χ1) is 22.3. The van der Waals surface area contributed by atoms with Gasteiger partial charge in [0.15, 0.2) is 5.13 Å². The second-order valence-corrected chi connectivity index (χ2v) is 11.3. The van der Waals surface area contributed by atoms with Gasteiger partial charge in [-0.05, 0) is 61.5 Å². The zero-order valence-electron chi connectivity index (χ0n) is 25.3. The quantitative estimate of drug-likeness (QED) is 0.0919. The normalized spacial score (nSPS) is 10.9. The number of amides is 3. The third-order valence-corrected chi connectivity index (χ3v) is 8.00. The van der Waals surface area contributed by atoms with Crippen molar-refractivity contribution in [2.24, 2.45) is 0 Å². The van der Waals surface area contributed by atoms with Crippen molar-refractivity contribution in [1.29, 1.82) is 0 Å². The zero-order chi connectivity index (χ0) is 32.9. The van der Waals surface area contributed by atoms with E-state index in [1.807, 2.05) is 0 Å². The Bertz CT molecular complexity index is 1710. The van der Waals surface area contributed by atoms with E-state index in [9.17, 15) is 19.2 Å². The summed E-state index contributed by atoms with van der Waals surface area (Å²) in [5, 5.41) is 10.4. The maximum Gasteiger partial charge on any atom is 0.311 e. The summed E-state index contributed by atoms with van der Waals surface area (Å²) in [7, 11) is 3.04. The van der Waals surface area contributed by atoms with Gasteiger partial charge in [-0.2, -0.15) is 0 Å². The van der Waals surface area contributed by atoms with Crippen molar-refractivity contribution in [2.45, 2.75) is 18.2 Å². The third kappa shape index (κ3) is 9.94. The number of ether oxygens (including phenoxy) is 3. The lowest BCUT2D eigenvalue weighted by Crippen LogP contribution is -2.30. The average Bonchev–Trinajstić information content (AvgIpc) is 3.50. The van der Waals surface area contributed by atoms with Gasteiger partial charge in [0.1, 0.15) is 17.2 Å². The molecular weight excluding hydrogens is 629 g/mol. The highest BCUT2D eigenvalue weighted by molar-refractivity contribution is 8.00. The number of nitrogens with zero attached hydrogens (tertiary/aromatic N) is 1. The Morgan fingerprint density at radius 2 is 1.70 bits per heavy atom. The standard InChI is InChI=1S/C33H32N4O7S2/c1-4-44-30(39)17-24-19-46-33(35-24)37-29(38)20-45-26-14-11-23(12-15-26)34-32(41)27(36-31(40)21-8-6-5-7-9-21)16-22-10-13-25(42-2)18-28(22)43-3/h5-16,18-19H,4,17,20H2,1-3H3,(H,34,41)(H,36,40)(H,35,37,38)/b27-16-. The van der Waals surface area contributed by atoms with Crippen LogP contribution in [-0.2, 0) is 25.5 Å². The van der Waals surface area contributed by atoms with E-state index in [0.717, 1.165) is 4.90 Å². The van der Waals surface area contributed by atoms with Crippen molar-refractivity contribution < 1.29 is 33.4 Å². The summed E-state index contributed by atoms with van der Waals surface area (Å²) in [6.07, 6.45) is 1.57. The molecule has 1 aromatic heterocycles. The highest BCUT2D eigenvalue weighted by atomic mass is 32.2. The van der Waals surface area contributed by atoms with Crippen LogP contribution in [0.15, 0.2) is 88.8 Å². The number of hydrogen-bond donors (Lipinski definition) is 3. The summed E-state index contributed by atoms with van der Waals surface area (Å²) >= 11 is 2.54. The van der Waals surface area contributed by atoms with Gasteiger partial charge in [-0.15, -0.1) is 23.1 Å². The summed E-state index contributed by atoms with van der Waals surface area (Å²) in [5.41, 5.74) is 1.96. The Morgan fingerprint density at radius 1 is 0.935 bits per heavy atom. The molecule has 0 radical (unpaired) electrons. The molecule has 0 bridgehead atoms. The summed E-state index contributed by atoms with van der Waals surface area (Å²) in [5.74, 6) is -0.469. The Hall–Kier alpha value is -5.14. The Morgan fingerprint density at radius 3 is 2.39 bits per heavy atom. The number of thiazole rings is 1. The highest BCUT2D eigenvalue weighted by Crippen LogP contribution is 2.27. The number of carbonyl (C=O) groups is 4. The minimum absolute atomic E-state index is 0.0000390. The molecule has 0 atom stereocenters. The summed E-state index contributed by atoms with van der Waals surface area (Å²) < 4.78 is 15.6. The largest absolute Gasteiger partial charge is 0.497 e. The molecule has 4 rings (SSSR count). The van der Waals surface area contributed by atoms with Crippen molar-refractivity contribution in [3.05, 3.63) is 101 Å². The van der Waals surface area contributed by atoms with E-state index in [1.54, 1.807) is 85.1 Å². The third-order valence-electron chi connectivity index (χ3n) is 6.18. The van der Waals surface area contributed by atoms with Gasteiger partial charge in [-0.3, -0.25) is 19.2 Å². The molecule has 0 fully saturated rings. The number of esters is 1. The molecule has 0 aliphatic carbocycles. The minimum atomic E-state index is -0.548. The minimum Gasteiger partial charge on any atom is -0.497 e. The predicted molar refractivity (Wildman–Crippen MR) is 178 cm³/mol. The number of anilines is 2. The molecule has 0 spiro atoms. The molecule has 4 aromatic rings. The summed E-state index contributed by atoms with van der Waals surface area (Å²) in [6.45, 7) is 2.03. The first-order valence-corrected chi connectivity index (χ1v) is 15.9. The molecule has 46 heavy (non-hydrogen) atoms. The van der Waals surface area contributed by atoms with Gasteiger partial charge in [0.2, 0.25) is 5.91 Å². The van der Waals surface area contributed by atoms with Crippen LogP contribution in [0.3, 0.4) is 0 Å². The lowest BCUT2D eigenvalue weighted by Gasteiger charge is -2.13. The molecule has 3 amide bonds. The number of carbonyl (C=O) groups excluding carboxylic acids is 4. The van der Waals surface area contributed by atoms with Crippen LogP contribution in [0.1, 0.15) is 28.5 Å². The van der Waals surface area contributed by atoms with Crippen molar-refractivity contribution in [3.8, 4) is 11.5 Å². The molecule has 238 valence electrons. The molecule has 13 heteroatoms. The smallest absolute Gasteiger partial charge is 0.311 e. The first-order valence-electron chi connectivity index (χ1n) is 14.0. The summed E-state index contributed by atoms with van der Waals surface area (Å²) in [6, 6.07) is 20.6. The zero-order valence-corrected chi connectivity index (χ0v) is 27.0. The van der Waals surface area contributed by atoms with Crippen LogP contribution in [0, 0.1) is 0 Å². The molecule has 0 unspecified atom stereocenters.